The molecule has 1 heterocycles. The first kappa shape index (κ1) is 15.8. The molecule has 2 aromatic rings. The van der Waals surface area contributed by atoms with Crippen LogP contribution < -0.4 is 10.9 Å². The minimum atomic E-state index is -4.45. The lowest BCUT2D eigenvalue weighted by Gasteiger charge is -2.16. The number of alkyl halides is 3. The molecule has 0 radical (unpaired) electrons. The number of aromatic amines is 1. The number of hydrogen-bond donors (Lipinski definition) is 2. The molecule has 7 heteroatoms. The highest BCUT2D eigenvalue weighted by Crippen LogP contribution is 2.30. The third kappa shape index (κ3) is 3.55. The standard InChI is InChI=1S/C15H13F3N2O2/c1-9(10-4-2-5-11(8-10)15(16,17)18)20-14(22)12-6-3-7-19-13(12)21/h2-9H,1H3,(H,19,21)(H,20,22)/t9-/m0/s1. The summed E-state index contributed by atoms with van der Waals surface area (Å²) < 4.78 is 38.0. The molecule has 4 nitrogen and oxygen atoms in total. The number of pyridine rings is 1. The summed E-state index contributed by atoms with van der Waals surface area (Å²) in [6.45, 7) is 1.55. The maximum atomic E-state index is 12.7. The van der Waals surface area contributed by atoms with Crippen LogP contribution in [-0.2, 0) is 6.18 Å². The third-order valence-corrected chi connectivity index (χ3v) is 3.12. The number of nitrogens with one attached hydrogen (secondary N) is 2. The highest BCUT2D eigenvalue weighted by atomic mass is 19.4. The predicted octanol–water partition coefficient (Wildman–Crippen LogP) is 2.88. The van der Waals surface area contributed by atoms with Gasteiger partial charge in [-0.15, -0.1) is 0 Å². The van der Waals surface area contributed by atoms with Gasteiger partial charge in [0.2, 0.25) is 0 Å². The van der Waals surface area contributed by atoms with E-state index in [1.807, 2.05) is 0 Å². The van der Waals surface area contributed by atoms with Crippen LogP contribution in [0, 0.1) is 0 Å². The zero-order valence-corrected chi connectivity index (χ0v) is 11.6. The fourth-order valence-corrected chi connectivity index (χ4v) is 1.94. The zero-order chi connectivity index (χ0) is 16.3. The molecule has 22 heavy (non-hydrogen) atoms. The van der Waals surface area contributed by atoms with E-state index in [4.69, 9.17) is 0 Å². The Labute approximate surface area is 124 Å². The Bertz CT molecular complexity index is 738. The van der Waals surface area contributed by atoms with Gasteiger partial charge >= 0.3 is 6.18 Å². The van der Waals surface area contributed by atoms with Crippen LogP contribution in [0.5, 0.6) is 0 Å². The van der Waals surface area contributed by atoms with Crippen molar-refractivity contribution in [3.8, 4) is 0 Å². The number of H-pyrrole nitrogens is 1. The minimum Gasteiger partial charge on any atom is -0.345 e. The first-order valence-corrected chi connectivity index (χ1v) is 6.45. The number of hydrogen-bond acceptors (Lipinski definition) is 2. The topological polar surface area (TPSA) is 62.0 Å². The Balaban J connectivity index is 2.19. The molecule has 1 amide bonds. The van der Waals surface area contributed by atoms with E-state index >= 15 is 0 Å². The first-order valence-electron chi connectivity index (χ1n) is 6.45. The van der Waals surface area contributed by atoms with E-state index in [2.05, 4.69) is 10.3 Å². The van der Waals surface area contributed by atoms with Crippen LogP contribution in [0.15, 0.2) is 47.4 Å². The van der Waals surface area contributed by atoms with Crippen molar-refractivity contribution in [3.05, 3.63) is 69.6 Å². The molecule has 0 bridgehead atoms. The van der Waals surface area contributed by atoms with Crippen LogP contribution in [0.4, 0.5) is 13.2 Å². The van der Waals surface area contributed by atoms with Gasteiger partial charge in [-0.1, -0.05) is 12.1 Å². The van der Waals surface area contributed by atoms with E-state index in [0.29, 0.717) is 5.56 Å². The zero-order valence-electron chi connectivity index (χ0n) is 11.6. The van der Waals surface area contributed by atoms with E-state index in [1.54, 1.807) is 6.92 Å². The molecule has 116 valence electrons. The number of benzene rings is 1. The van der Waals surface area contributed by atoms with Crippen molar-refractivity contribution < 1.29 is 18.0 Å². The van der Waals surface area contributed by atoms with Gasteiger partial charge in [0.15, 0.2) is 0 Å². The molecule has 0 saturated carbocycles. The van der Waals surface area contributed by atoms with E-state index in [1.165, 1.54) is 30.5 Å². The number of aromatic nitrogens is 1. The van der Waals surface area contributed by atoms with E-state index in [9.17, 15) is 22.8 Å². The lowest BCUT2D eigenvalue weighted by molar-refractivity contribution is -0.137. The molecule has 1 aromatic heterocycles. The van der Waals surface area contributed by atoms with Crippen LogP contribution in [-0.4, -0.2) is 10.9 Å². The molecule has 0 fully saturated rings. The van der Waals surface area contributed by atoms with Gasteiger partial charge in [0.05, 0.1) is 11.6 Å². The van der Waals surface area contributed by atoms with Crippen molar-refractivity contribution in [2.45, 2.75) is 19.1 Å². The summed E-state index contributed by atoms with van der Waals surface area (Å²) in [5, 5.41) is 2.51. The van der Waals surface area contributed by atoms with Gasteiger partial charge < -0.3 is 10.3 Å². The second-order valence-corrected chi connectivity index (χ2v) is 4.73. The molecule has 0 unspecified atom stereocenters. The van der Waals surface area contributed by atoms with Gasteiger partial charge in [-0.05, 0) is 36.8 Å². The Hall–Kier alpha value is -2.57. The van der Waals surface area contributed by atoms with Crippen molar-refractivity contribution >= 4 is 5.91 Å². The summed E-state index contributed by atoms with van der Waals surface area (Å²) in [5.74, 6) is -0.647. The van der Waals surface area contributed by atoms with Crippen LogP contribution in [0.3, 0.4) is 0 Å². The molecule has 0 aliphatic carbocycles. The second-order valence-electron chi connectivity index (χ2n) is 4.73. The highest BCUT2D eigenvalue weighted by Gasteiger charge is 2.30. The van der Waals surface area contributed by atoms with E-state index < -0.39 is 29.2 Å². The van der Waals surface area contributed by atoms with Gasteiger partial charge in [0, 0.05) is 6.20 Å². The molecule has 2 N–H and O–H groups in total. The van der Waals surface area contributed by atoms with Gasteiger partial charge in [-0.3, -0.25) is 9.59 Å². The summed E-state index contributed by atoms with van der Waals surface area (Å²) in [6.07, 6.45) is -3.06. The van der Waals surface area contributed by atoms with Crippen LogP contribution >= 0.6 is 0 Å². The minimum absolute atomic E-state index is 0.0960. The van der Waals surface area contributed by atoms with E-state index in [-0.39, 0.29) is 5.56 Å². The number of rotatable bonds is 3. The number of halogens is 3. The van der Waals surface area contributed by atoms with Gasteiger partial charge in [-0.25, -0.2) is 0 Å². The number of carbonyl (C=O) groups excluding carboxylic acids is 1. The van der Waals surface area contributed by atoms with Crippen LogP contribution in [0.1, 0.15) is 34.5 Å². The van der Waals surface area contributed by atoms with Crippen molar-refractivity contribution in [1.29, 1.82) is 0 Å². The van der Waals surface area contributed by atoms with Crippen molar-refractivity contribution in [2.24, 2.45) is 0 Å². The largest absolute Gasteiger partial charge is 0.416 e. The molecule has 0 aliphatic rings. The summed E-state index contributed by atoms with van der Waals surface area (Å²) >= 11 is 0. The van der Waals surface area contributed by atoms with Gasteiger partial charge in [0.1, 0.15) is 5.56 Å². The number of amides is 1. The lowest BCUT2D eigenvalue weighted by Crippen LogP contribution is -2.31. The maximum Gasteiger partial charge on any atom is 0.416 e. The van der Waals surface area contributed by atoms with Crippen molar-refractivity contribution in [3.63, 3.8) is 0 Å². The lowest BCUT2D eigenvalue weighted by atomic mass is 10.0. The molecular weight excluding hydrogens is 297 g/mol. The normalized spacial score (nSPS) is 12.7. The second kappa shape index (κ2) is 6.05. The summed E-state index contributed by atoms with van der Waals surface area (Å²) in [7, 11) is 0. The smallest absolute Gasteiger partial charge is 0.345 e. The predicted molar refractivity (Wildman–Crippen MR) is 74.4 cm³/mol. The molecule has 0 saturated heterocycles. The summed E-state index contributed by atoms with van der Waals surface area (Å²) in [6, 6.07) is 6.85. The molecular formula is C15H13F3N2O2. The van der Waals surface area contributed by atoms with Crippen LogP contribution in [0.25, 0.3) is 0 Å². The monoisotopic (exact) mass is 310 g/mol. The number of carbonyl (C=O) groups is 1. The van der Waals surface area contributed by atoms with Crippen molar-refractivity contribution in [2.75, 3.05) is 0 Å². The SMILES string of the molecule is C[C@H](NC(=O)c1ccc[nH]c1=O)c1cccc(C(F)(F)F)c1. The molecule has 0 spiro atoms. The van der Waals surface area contributed by atoms with Gasteiger partial charge in [-0.2, -0.15) is 13.2 Å². The quantitative estimate of drug-likeness (QED) is 0.915. The Kier molecular flexibility index (Phi) is 4.35. The van der Waals surface area contributed by atoms with E-state index in [0.717, 1.165) is 12.1 Å². The Morgan fingerprint density at radius 2 is 1.95 bits per heavy atom. The highest BCUT2D eigenvalue weighted by molar-refractivity contribution is 5.93. The maximum absolute atomic E-state index is 12.7. The fourth-order valence-electron chi connectivity index (χ4n) is 1.94. The third-order valence-electron chi connectivity index (χ3n) is 3.12. The van der Waals surface area contributed by atoms with Crippen molar-refractivity contribution in [1.82, 2.24) is 10.3 Å². The Morgan fingerprint density at radius 3 is 2.59 bits per heavy atom. The van der Waals surface area contributed by atoms with Gasteiger partial charge in [0.25, 0.3) is 11.5 Å². The summed E-state index contributed by atoms with van der Waals surface area (Å²) in [4.78, 5) is 25.8. The molecule has 1 aromatic carbocycles. The average molecular weight is 310 g/mol. The van der Waals surface area contributed by atoms with Crippen LogP contribution in [0.2, 0.25) is 0 Å². The molecule has 1 atom stereocenters. The average Bonchev–Trinajstić information content (AvgIpc) is 2.46. The first-order chi connectivity index (χ1) is 10.3. The summed E-state index contributed by atoms with van der Waals surface area (Å²) in [5.41, 5.74) is -1.14. The molecule has 2 rings (SSSR count). The molecule has 0 aliphatic heterocycles. The Morgan fingerprint density at radius 1 is 1.23 bits per heavy atom. The fraction of sp³-hybridized carbons (Fsp3) is 0.200.